The summed E-state index contributed by atoms with van der Waals surface area (Å²) in [4.78, 5) is 29.6. The third-order valence-electron chi connectivity index (χ3n) is 4.85. The van der Waals surface area contributed by atoms with Crippen molar-refractivity contribution in [3.63, 3.8) is 0 Å². The zero-order valence-corrected chi connectivity index (χ0v) is 16.4. The second-order valence-corrected chi connectivity index (χ2v) is 6.80. The number of ether oxygens (including phenoxy) is 3. The molecule has 150 valence electrons. The van der Waals surface area contributed by atoms with E-state index in [2.05, 4.69) is 4.98 Å². The minimum atomic E-state index is -0.477. The molecular formula is C21H27N2O5+. The summed E-state index contributed by atoms with van der Waals surface area (Å²) in [5.41, 5.74) is 2.93. The summed E-state index contributed by atoms with van der Waals surface area (Å²) in [5, 5.41) is 0. The lowest BCUT2D eigenvalue weighted by molar-refractivity contribution is -0.921. The van der Waals surface area contributed by atoms with Crippen LogP contribution in [0.1, 0.15) is 44.6 Å². The highest BCUT2D eigenvalue weighted by Gasteiger charge is 2.28. The van der Waals surface area contributed by atoms with Crippen LogP contribution in [0.15, 0.2) is 30.3 Å². The molecule has 0 amide bonds. The maximum Gasteiger partial charge on any atom is 0.355 e. The maximum absolute atomic E-state index is 12.6. The Labute approximate surface area is 164 Å². The average molecular weight is 387 g/mol. The standard InChI is InChI=1S/C21H26N2O5/c1-3-27-20(24)18-15(2)19(21(25)28-14-16-7-5-4-6-8-16)22-17(18)13-23-9-11-26-12-10-23/h4-8,22H,3,9-14H2,1-2H3/p+1. The van der Waals surface area contributed by atoms with Crippen LogP contribution in [0.4, 0.5) is 0 Å². The van der Waals surface area contributed by atoms with Crippen LogP contribution in [-0.2, 0) is 27.4 Å². The number of aromatic amines is 1. The van der Waals surface area contributed by atoms with Gasteiger partial charge in [0.1, 0.15) is 31.9 Å². The molecular weight excluding hydrogens is 360 g/mol. The zero-order valence-electron chi connectivity index (χ0n) is 16.4. The molecule has 7 nitrogen and oxygen atoms in total. The van der Waals surface area contributed by atoms with E-state index < -0.39 is 11.9 Å². The molecule has 7 heteroatoms. The van der Waals surface area contributed by atoms with Gasteiger partial charge in [-0.1, -0.05) is 30.3 Å². The number of esters is 2. The topological polar surface area (TPSA) is 82.1 Å². The average Bonchev–Trinajstić information content (AvgIpc) is 3.04. The van der Waals surface area contributed by atoms with Crippen molar-refractivity contribution in [3.8, 4) is 0 Å². The second-order valence-electron chi connectivity index (χ2n) is 6.80. The first-order valence-electron chi connectivity index (χ1n) is 9.61. The van der Waals surface area contributed by atoms with Crippen LogP contribution in [0.25, 0.3) is 0 Å². The van der Waals surface area contributed by atoms with Gasteiger partial charge in [0.05, 0.1) is 31.1 Å². The van der Waals surface area contributed by atoms with Crippen LogP contribution in [0.2, 0.25) is 0 Å². The number of morpholine rings is 1. The molecule has 1 aliphatic heterocycles. The molecule has 0 spiro atoms. The van der Waals surface area contributed by atoms with Crippen LogP contribution in [0.3, 0.4) is 0 Å². The van der Waals surface area contributed by atoms with E-state index in [-0.39, 0.29) is 13.2 Å². The van der Waals surface area contributed by atoms with Crippen molar-refractivity contribution in [1.29, 1.82) is 0 Å². The highest BCUT2D eigenvalue weighted by molar-refractivity contribution is 5.98. The lowest BCUT2D eigenvalue weighted by Crippen LogP contribution is -3.12. The maximum atomic E-state index is 12.6. The molecule has 0 saturated carbocycles. The summed E-state index contributed by atoms with van der Waals surface area (Å²) in [5.74, 6) is -0.892. The van der Waals surface area contributed by atoms with Crippen molar-refractivity contribution >= 4 is 11.9 Å². The van der Waals surface area contributed by atoms with Crippen LogP contribution in [-0.4, -0.2) is 49.8 Å². The fraction of sp³-hybridized carbons (Fsp3) is 0.429. The lowest BCUT2D eigenvalue weighted by atomic mass is 10.1. The highest BCUT2D eigenvalue weighted by Crippen LogP contribution is 2.21. The first kappa shape index (κ1) is 20.1. The Morgan fingerprint density at radius 1 is 1.11 bits per heavy atom. The van der Waals surface area contributed by atoms with E-state index in [1.165, 1.54) is 4.90 Å². The lowest BCUT2D eigenvalue weighted by Gasteiger charge is -2.23. The molecule has 0 unspecified atom stereocenters. The Morgan fingerprint density at radius 2 is 1.82 bits per heavy atom. The van der Waals surface area contributed by atoms with Gasteiger partial charge in [0.25, 0.3) is 0 Å². The summed E-state index contributed by atoms with van der Waals surface area (Å²) in [7, 11) is 0. The van der Waals surface area contributed by atoms with Gasteiger partial charge >= 0.3 is 11.9 Å². The van der Waals surface area contributed by atoms with Crippen molar-refractivity contribution in [2.75, 3.05) is 32.9 Å². The summed E-state index contributed by atoms with van der Waals surface area (Å²) in [6.45, 7) is 7.66. The first-order chi connectivity index (χ1) is 13.6. The van der Waals surface area contributed by atoms with E-state index in [0.29, 0.717) is 42.3 Å². The molecule has 1 saturated heterocycles. The number of rotatable bonds is 7. The van der Waals surface area contributed by atoms with Gasteiger partial charge in [-0.2, -0.15) is 0 Å². The minimum absolute atomic E-state index is 0.178. The van der Waals surface area contributed by atoms with Crippen LogP contribution in [0.5, 0.6) is 0 Å². The molecule has 0 bridgehead atoms. The van der Waals surface area contributed by atoms with Crippen molar-refractivity contribution in [2.24, 2.45) is 0 Å². The van der Waals surface area contributed by atoms with Gasteiger partial charge in [-0.25, -0.2) is 9.59 Å². The van der Waals surface area contributed by atoms with Gasteiger partial charge in [-0.05, 0) is 25.0 Å². The predicted molar refractivity (Wildman–Crippen MR) is 102 cm³/mol. The normalized spacial score (nSPS) is 14.6. The predicted octanol–water partition coefficient (Wildman–Crippen LogP) is 1.27. The van der Waals surface area contributed by atoms with Gasteiger partial charge < -0.3 is 24.1 Å². The van der Waals surface area contributed by atoms with Gasteiger partial charge in [0, 0.05) is 0 Å². The molecule has 1 aromatic carbocycles. The van der Waals surface area contributed by atoms with E-state index in [1.807, 2.05) is 30.3 Å². The number of nitrogens with one attached hydrogen (secondary N) is 2. The molecule has 1 aromatic heterocycles. The number of H-pyrrole nitrogens is 1. The highest BCUT2D eigenvalue weighted by atomic mass is 16.5. The third-order valence-corrected chi connectivity index (χ3v) is 4.85. The van der Waals surface area contributed by atoms with Crippen molar-refractivity contribution in [2.45, 2.75) is 27.0 Å². The Morgan fingerprint density at radius 3 is 2.50 bits per heavy atom. The molecule has 0 radical (unpaired) electrons. The fourth-order valence-corrected chi connectivity index (χ4v) is 3.36. The smallest absolute Gasteiger partial charge is 0.355 e. The number of hydrogen-bond donors (Lipinski definition) is 2. The van der Waals surface area contributed by atoms with Crippen LogP contribution in [0, 0.1) is 6.92 Å². The monoisotopic (exact) mass is 387 g/mol. The molecule has 2 N–H and O–H groups in total. The van der Waals surface area contributed by atoms with Gasteiger partial charge in [-0.3, -0.25) is 0 Å². The molecule has 2 heterocycles. The minimum Gasteiger partial charge on any atom is -0.462 e. The summed E-state index contributed by atoms with van der Waals surface area (Å²) >= 11 is 0. The molecule has 3 rings (SSSR count). The number of carbonyl (C=O) groups excluding carboxylic acids is 2. The van der Waals surface area contributed by atoms with E-state index in [4.69, 9.17) is 14.2 Å². The Kier molecular flexibility index (Phi) is 6.84. The van der Waals surface area contributed by atoms with E-state index >= 15 is 0 Å². The summed E-state index contributed by atoms with van der Waals surface area (Å²) in [6.07, 6.45) is 0. The van der Waals surface area contributed by atoms with Gasteiger partial charge in [-0.15, -0.1) is 0 Å². The quantitative estimate of drug-likeness (QED) is 0.700. The van der Waals surface area contributed by atoms with Crippen molar-refractivity contribution in [1.82, 2.24) is 4.98 Å². The Hall–Kier alpha value is -2.64. The second kappa shape index (κ2) is 9.52. The van der Waals surface area contributed by atoms with Crippen LogP contribution < -0.4 is 4.90 Å². The SMILES string of the molecule is CCOC(=O)c1c(C[NH+]2CCOCC2)[nH]c(C(=O)OCc2ccccc2)c1C. The first-order valence-corrected chi connectivity index (χ1v) is 9.61. The molecule has 2 aromatic rings. The fourth-order valence-electron chi connectivity index (χ4n) is 3.36. The van der Waals surface area contributed by atoms with Gasteiger partial charge in [0.2, 0.25) is 0 Å². The number of benzene rings is 1. The van der Waals surface area contributed by atoms with Crippen molar-refractivity contribution in [3.05, 3.63) is 58.4 Å². The number of carbonyl (C=O) groups is 2. The molecule has 0 aliphatic carbocycles. The van der Waals surface area contributed by atoms with Gasteiger partial charge in [0.15, 0.2) is 0 Å². The summed E-state index contributed by atoms with van der Waals surface area (Å²) < 4.78 is 16.1. The Bertz CT molecular complexity index is 810. The molecule has 28 heavy (non-hydrogen) atoms. The number of aromatic nitrogens is 1. The number of quaternary nitrogens is 1. The van der Waals surface area contributed by atoms with Crippen molar-refractivity contribution < 1.29 is 28.7 Å². The molecule has 1 aliphatic rings. The molecule has 0 atom stereocenters. The largest absolute Gasteiger partial charge is 0.462 e. The zero-order chi connectivity index (χ0) is 19.9. The molecule has 1 fully saturated rings. The third kappa shape index (κ3) is 4.79. The van der Waals surface area contributed by atoms with E-state index in [1.54, 1.807) is 13.8 Å². The summed E-state index contributed by atoms with van der Waals surface area (Å²) in [6, 6.07) is 9.49. The van der Waals surface area contributed by atoms with E-state index in [9.17, 15) is 9.59 Å². The number of hydrogen-bond acceptors (Lipinski definition) is 5. The van der Waals surface area contributed by atoms with Crippen LogP contribution >= 0.6 is 0 Å². The van der Waals surface area contributed by atoms with E-state index in [0.717, 1.165) is 18.7 Å². The Balaban J connectivity index is 1.80.